The molecule has 0 aliphatic carbocycles. The summed E-state index contributed by atoms with van der Waals surface area (Å²) in [6.45, 7) is 6.12. The normalized spacial score (nSPS) is 11.4. The molecule has 1 rings (SSSR count). The number of hydrogen-bond acceptors (Lipinski definition) is 2. The molecule has 0 saturated carbocycles. The minimum Gasteiger partial charge on any atom is -0.369 e. The molecule has 2 nitrogen and oxygen atoms in total. The van der Waals surface area contributed by atoms with Gasteiger partial charge in [0, 0.05) is 13.7 Å². The smallest absolute Gasteiger partial charge is 0.0986 e. The van der Waals surface area contributed by atoms with Gasteiger partial charge < -0.3 is 4.74 Å². The molecule has 1 aromatic carbocycles. The average molecular weight is 221 g/mol. The van der Waals surface area contributed by atoms with Crippen molar-refractivity contribution in [2.24, 2.45) is 5.92 Å². The van der Waals surface area contributed by atoms with Gasteiger partial charge in [-0.15, -0.1) is 0 Å². The predicted octanol–water partition coefficient (Wildman–Crippen LogP) is 2.92. The third-order valence-corrected chi connectivity index (χ3v) is 2.47. The van der Waals surface area contributed by atoms with Crippen LogP contribution in [0.15, 0.2) is 24.3 Å². The summed E-state index contributed by atoms with van der Waals surface area (Å²) in [7, 11) is 3.79. The van der Waals surface area contributed by atoms with E-state index in [0.29, 0.717) is 6.73 Å². The highest BCUT2D eigenvalue weighted by Crippen LogP contribution is 2.10. The van der Waals surface area contributed by atoms with E-state index in [9.17, 15) is 0 Å². The second-order valence-electron chi connectivity index (χ2n) is 4.85. The van der Waals surface area contributed by atoms with Gasteiger partial charge in [-0.05, 0) is 30.5 Å². The lowest BCUT2D eigenvalue weighted by Gasteiger charge is -2.15. The maximum atomic E-state index is 5.08. The highest BCUT2D eigenvalue weighted by atomic mass is 16.5. The molecule has 1 aromatic rings. The van der Waals surface area contributed by atoms with E-state index >= 15 is 0 Å². The van der Waals surface area contributed by atoms with Crippen LogP contribution in [0.25, 0.3) is 0 Å². The molecule has 0 aliphatic heterocycles. The van der Waals surface area contributed by atoms with E-state index in [4.69, 9.17) is 4.74 Å². The van der Waals surface area contributed by atoms with Gasteiger partial charge in [0.15, 0.2) is 0 Å². The third kappa shape index (κ3) is 4.77. The highest BCUT2D eigenvalue weighted by molar-refractivity contribution is 5.22. The maximum Gasteiger partial charge on any atom is 0.0986 e. The fraction of sp³-hybridized carbons (Fsp3) is 0.571. The average Bonchev–Trinajstić information content (AvgIpc) is 2.20. The number of hydrogen-bond donors (Lipinski definition) is 0. The van der Waals surface area contributed by atoms with Crippen LogP contribution in [-0.4, -0.2) is 25.8 Å². The summed E-state index contributed by atoms with van der Waals surface area (Å²) in [5, 5.41) is 0. The van der Waals surface area contributed by atoms with Crippen molar-refractivity contribution < 1.29 is 4.74 Å². The standard InChI is InChI=1S/C14H23NO/c1-12(2)9-13-5-7-14(8-6-13)10-15(3)11-16-4/h5-8,12H,9-11H2,1-4H3. The van der Waals surface area contributed by atoms with Crippen molar-refractivity contribution in [1.82, 2.24) is 4.90 Å². The van der Waals surface area contributed by atoms with Gasteiger partial charge in [0.1, 0.15) is 0 Å². The zero-order chi connectivity index (χ0) is 12.0. The lowest BCUT2D eigenvalue weighted by atomic mass is 10.0. The lowest BCUT2D eigenvalue weighted by Crippen LogP contribution is -2.20. The SMILES string of the molecule is COCN(C)Cc1ccc(CC(C)C)cc1. The molecule has 0 fully saturated rings. The second kappa shape index (κ2) is 6.66. The van der Waals surface area contributed by atoms with Crippen LogP contribution >= 0.6 is 0 Å². The summed E-state index contributed by atoms with van der Waals surface area (Å²) in [4.78, 5) is 2.15. The second-order valence-corrected chi connectivity index (χ2v) is 4.85. The van der Waals surface area contributed by atoms with Gasteiger partial charge in [0.05, 0.1) is 6.73 Å². The van der Waals surface area contributed by atoms with Crippen LogP contribution in [-0.2, 0) is 17.7 Å². The van der Waals surface area contributed by atoms with E-state index in [1.54, 1.807) is 7.11 Å². The molecule has 16 heavy (non-hydrogen) atoms. The van der Waals surface area contributed by atoms with E-state index in [1.165, 1.54) is 11.1 Å². The van der Waals surface area contributed by atoms with Crippen LogP contribution in [0, 0.1) is 5.92 Å². The van der Waals surface area contributed by atoms with Crippen molar-refractivity contribution in [3.63, 3.8) is 0 Å². The molecule has 0 aromatic heterocycles. The molecule has 0 atom stereocenters. The van der Waals surface area contributed by atoms with E-state index in [2.05, 4.69) is 50.1 Å². The van der Waals surface area contributed by atoms with Crippen molar-refractivity contribution in [2.75, 3.05) is 20.9 Å². The Kier molecular flexibility index (Phi) is 5.50. The van der Waals surface area contributed by atoms with Crippen LogP contribution in [0.3, 0.4) is 0 Å². The Labute approximate surface area is 99.2 Å². The lowest BCUT2D eigenvalue weighted by molar-refractivity contribution is 0.0771. The molecule has 0 amide bonds. The Morgan fingerprint density at radius 3 is 2.19 bits per heavy atom. The Morgan fingerprint density at radius 2 is 1.69 bits per heavy atom. The summed E-state index contributed by atoms with van der Waals surface area (Å²) in [6, 6.07) is 8.89. The van der Waals surface area contributed by atoms with Gasteiger partial charge in [-0.25, -0.2) is 0 Å². The van der Waals surface area contributed by atoms with Gasteiger partial charge >= 0.3 is 0 Å². The van der Waals surface area contributed by atoms with E-state index in [-0.39, 0.29) is 0 Å². The zero-order valence-electron chi connectivity index (χ0n) is 10.9. The minimum absolute atomic E-state index is 0.674. The molecular weight excluding hydrogens is 198 g/mol. The predicted molar refractivity (Wildman–Crippen MR) is 68.3 cm³/mol. The van der Waals surface area contributed by atoms with Crippen molar-refractivity contribution in [3.8, 4) is 0 Å². The molecule has 2 heteroatoms. The van der Waals surface area contributed by atoms with Crippen LogP contribution in [0.5, 0.6) is 0 Å². The first-order chi connectivity index (χ1) is 7.61. The summed E-state index contributed by atoms with van der Waals surface area (Å²) in [5.74, 6) is 0.724. The summed E-state index contributed by atoms with van der Waals surface area (Å²) < 4.78 is 5.08. The van der Waals surface area contributed by atoms with Gasteiger partial charge in [-0.2, -0.15) is 0 Å². The first-order valence-corrected chi connectivity index (χ1v) is 5.87. The number of benzene rings is 1. The number of rotatable bonds is 6. The molecule has 0 unspecified atom stereocenters. The molecular formula is C14H23NO. The summed E-state index contributed by atoms with van der Waals surface area (Å²) in [5.41, 5.74) is 2.76. The van der Waals surface area contributed by atoms with Gasteiger partial charge in [-0.3, -0.25) is 4.90 Å². The molecule has 90 valence electrons. The van der Waals surface area contributed by atoms with E-state index in [1.807, 2.05) is 0 Å². The quantitative estimate of drug-likeness (QED) is 0.685. The molecule has 0 aliphatic rings. The van der Waals surface area contributed by atoms with Crippen LogP contribution in [0.1, 0.15) is 25.0 Å². The Hall–Kier alpha value is -0.860. The number of methoxy groups -OCH3 is 1. The maximum absolute atomic E-state index is 5.08. The zero-order valence-corrected chi connectivity index (χ0v) is 10.9. The summed E-state index contributed by atoms with van der Waals surface area (Å²) >= 11 is 0. The third-order valence-electron chi connectivity index (χ3n) is 2.47. The van der Waals surface area contributed by atoms with Gasteiger partial charge in [0.25, 0.3) is 0 Å². The van der Waals surface area contributed by atoms with E-state index in [0.717, 1.165) is 18.9 Å². The Balaban J connectivity index is 2.50. The van der Waals surface area contributed by atoms with Crippen molar-refractivity contribution in [1.29, 1.82) is 0 Å². The fourth-order valence-corrected chi connectivity index (χ4v) is 1.83. The monoisotopic (exact) mass is 221 g/mol. The summed E-state index contributed by atoms with van der Waals surface area (Å²) in [6.07, 6.45) is 1.16. The molecule has 0 spiro atoms. The Morgan fingerprint density at radius 1 is 1.12 bits per heavy atom. The van der Waals surface area contributed by atoms with Crippen LogP contribution < -0.4 is 0 Å². The molecule has 0 saturated heterocycles. The molecule has 0 N–H and O–H groups in total. The largest absolute Gasteiger partial charge is 0.369 e. The number of ether oxygens (including phenoxy) is 1. The van der Waals surface area contributed by atoms with Crippen molar-refractivity contribution >= 4 is 0 Å². The topological polar surface area (TPSA) is 12.5 Å². The molecule has 0 bridgehead atoms. The fourth-order valence-electron chi connectivity index (χ4n) is 1.83. The first-order valence-electron chi connectivity index (χ1n) is 5.87. The van der Waals surface area contributed by atoms with Crippen LogP contribution in [0.2, 0.25) is 0 Å². The first kappa shape index (κ1) is 13.2. The number of nitrogens with zero attached hydrogens (tertiary/aromatic N) is 1. The highest BCUT2D eigenvalue weighted by Gasteiger charge is 2.01. The van der Waals surface area contributed by atoms with Crippen LogP contribution in [0.4, 0.5) is 0 Å². The minimum atomic E-state index is 0.674. The van der Waals surface area contributed by atoms with Crippen molar-refractivity contribution in [2.45, 2.75) is 26.8 Å². The Bertz CT molecular complexity index is 292. The van der Waals surface area contributed by atoms with E-state index < -0.39 is 0 Å². The molecule has 0 heterocycles. The van der Waals surface area contributed by atoms with Gasteiger partial charge in [-0.1, -0.05) is 38.1 Å². The van der Waals surface area contributed by atoms with Gasteiger partial charge in [0.2, 0.25) is 0 Å². The molecule has 0 radical (unpaired) electrons. The van der Waals surface area contributed by atoms with Crippen molar-refractivity contribution in [3.05, 3.63) is 35.4 Å².